The van der Waals surface area contributed by atoms with Gasteiger partial charge in [-0.15, -0.1) is 0 Å². The third-order valence-corrected chi connectivity index (χ3v) is 1.48. The van der Waals surface area contributed by atoms with Crippen LogP contribution >= 0.6 is 12.6 Å². The van der Waals surface area contributed by atoms with Crippen molar-refractivity contribution in [2.45, 2.75) is 6.42 Å². The standard InChI is InChI=1S/C9H9NOS/c11-9-5-4-8(7-10-9)3-1-2-6-12/h4-5,7,12H,2,6H2,(H,10,11). The van der Waals surface area contributed by atoms with Crippen molar-refractivity contribution in [2.75, 3.05) is 5.75 Å². The molecule has 0 bridgehead atoms. The lowest BCUT2D eigenvalue weighted by molar-refractivity contribution is 1.23. The monoisotopic (exact) mass is 179 g/mol. The Morgan fingerprint density at radius 1 is 1.50 bits per heavy atom. The Kier molecular flexibility index (Phi) is 3.49. The smallest absolute Gasteiger partial charge is 0.247 e. The number of nitrogens with one attached hydrogen (secondary N) is 1. The number of hydrogen-bond acceptors (Lipinski definition) is 2. The number of aromatic nitrogens is 1. The average molecular weight is 179 g/mol. The largest absolute Gasteiger partial charge is 0.328 e. The van der Waals surface area contributed by atoms with Crippen molar-refractivity contribution in [1.82, 2.24) is 4.98 Å². The molecule has 1 N–H and O–H groups in total. The van der Waals surface area contributed by atoms with Crippen molar-refractivity contribution >= 4 is 12.6 Å². The van der Waals surface area contributed by atoms with E-state index in [0.717, 1.165) is 17.7 Å². The molecule has 0 fully saturated rings. The lowest BCUT2D eigenvalue weighted by atomic mass is 10.3. The Bertz CT molecular complexity index is 338. The van der Waals surface area contributed by atoms with Crippen LogP contribution in [0.5, 0.6) is 0 Å². The SMILES string of the molecule is O=c1ccc(C#CCCS)c[nH]1. The zero-order valence-corrected chi connectivity index (χ0v) is 7.40. The molecule has 0 radical (unpaired) electrons. The molecule has 1 heterocycles. The van der Waals surface area contributed by atoms with Crippen molar-refractivity contribution in [3.63, 3.8) is 0 Å². The molecule has 0 unspecified atom stereocenters. The molecule has 0 spiro atoms. The third-order valence-electron chi connectivity index (χ3n) is 1.25. The number of hydrogen-bond donors (Lipinski definition) is 2. The van der Waals surface area contributed by atoms with E-state index in [2.05, 4.69) is 29.5 Å². The number of rotatable bonds is 1. The van der Waals surface area contributed by atoms with Gasteiger partial charge in [0.2, 0.25) is 5.56 Å². The van der Waals surface area contributed by atoms with Gasteiger partial charge in [-0.2, -0.15) is 12.6 Å². The van der Waals surface area contributed by atoms with Crippen LogP contribution in [0.4, 0.5) is 0 Å². The molecule has 62 valence electrons. The topological polar surface area (TPSA) is 32.9 Å². The molecule has 1 rings (SSSR count). The van der Waals surface area contributed by atoms with Crippen LogP contribution in [0.3, 0.4) is 0 Å². The summed E-state index contributed by atoms with van der Waals surface area (Å²) in [6.45, 7) is 0. The maximum Gasteiger partial charge on any atom is 0.247 e. The minimum absolute atomic E-state index is 0.102. The van der Waals surface area contributed by atoms with Crippen LogP contribution in [0.2, 0.25) is 0 Å². The second kappa shape index (κ2) is 4.68. The van der Waals surface area contributed by atoms with Gasteiger partial charge in [0.25, 0.3) is 0 Å². The van der Waals surface area contributed by atoms with Crippen molar-refractivity contribution in [3.8, 4) is 11.8 Å². The predicted octanol–water partition coefficient (Wildman–Crippen LogP) is 1.05. The van der Waals surface area contributed by atoms with E-state index in [9.17, 15) is 4.79 Å². The minimum Gasteiger partial charge on any atom is -0.328 e. The fourth-order valence-electron chi connectivity index (χ4n) is 0.709. The Hall–Kier alpha value is -1.14. The number of thiol groups is 1. The van der Waals surface area contributed by atoms with Crippen LogP contribution in [0.15, 0.2) is 23.1 Å². The van der Waals surface area contributed by atoms with Gasteiger partial charge >= 0.3 is 0 Å². The van der Waals surface area contributed by atoms with E-state index in [1.807, 2.05) is 0 Å². The summed E-state index contributed by atoms with van der Waals surface area (Å²) in [5.74, 6) is 6.59. The van der Waals surface area contributed by atoms with Crippen molar-refractivity contribution in [1.29, 1.82) is 0 Å². The molecule has 1 aromatic heterocycles. The quantitative estimate of drug-likeness (QED) is 0.490. The van der Waals surface area contributed by atoms with Gasteiger partial charge in [0.1, 0.15) is 0 Å². The number of aromatic amines is 1. The maximum absolute atomic E-state index is 10.6. The van der Waals surface area contributed by atoms with Gasteiger partial charge in [0, 0.05) is 30.0 Å². The number of pyridine rings is 1. The molecular weight excluding hydrogens is 170 g/mol. The fourth-order valence-corrected chi connectivity index (χ4v) is 0.821. The minimum atomic E-state index is -0.102. The first-order valence-corrected chi connectivity index (χ1v) is 4.24. The summed E-state index contributed by atoms with van der Waals surface area (Å²) in [6.07, 6.45) is 2.37. The highest BCUT2D eigenvalue weighted by molar-refractivity contribution is 7.80. The van der Waals surface area contributed by atoms with E-state index in [-0.39, 0.29) is 5.56 Å². The van der Waals surface area contributed by atoms with Crippen molar-refractivity contribution < 1.29 is 0 Å². The first-order valence-electron chi connectivity index (χ1n) is 3.61. The molecule has 0 saturated carbocycles. The third kappa shape index (κ3) is 2.85. The Labute approximate surface area is 76.4 Å². The molecule has 1 aromatic rings. The van der Waals surface area contributed by atoms with Gasteiger partial charge < -0.3 is 4.98 Å². The summed E-state index contributed by atoms with van der Waals surface area (Å²) in [5.41, 5.74) is 0.728. The second-order valence-corrected chi connectivity index (χ2v) is 2.66. The summed E-state index contributed by atoms with van der Waals surface area (Å²) in [7, 11) is 0. The van der Waals surface area contributed by atoms with Gasteiger partial charge in [0.15, 0.2) is 0 Å². The zero-order valence-electron chi connectivity index (χ0n) is 6.50. The van der Waals surface area contributed by atoms with E-state index in [1.165, 1.54) is 6.07 Å². The van der Waals surface area contributed by atoms with Gasteiger partial charge in [-0.25, -0.2) is 0 Å². The first-order chi connectivity index (χ1) is 5.83. The normalized spacial score (nSPS) is 8.75. The molecule has 0 amide bonds. The van der Waals surface area contributed by atoms with Gasteiger partial charge in [-0.05, 0) is 6.07 Å². The number of H-pyrrole nitrogens is 1. The Balaban J connectivity index is 2.72. The van der Waals surface area contributed by atoms with E-state index in [1.54, 1.807) is 12.3 Å². The molecule has 0 saturated heterocycles. The summed E-state index contributed by atoms with van der Waals surface area (Å²) < 4.78 is 0. The van der Waals surface area contributed by atoms with Crippen LogP contribution in [0, 0.1) is 11.8 Å². The Morgan fingerprint density at radius 2 is 2.33 bits per heavy atom. The second-order valence-electron chi connectivity index (χ2n) is 2.22. The summed E-state index contributed by atoms with van der Waals surface area (Å²) in [5, 5.41) is 0. The molecule has 0 aromatic carbocycles. The molecule has 12 heavy (non-hydrogen) atoms. The fraction of sp³-hybridized carbons (Fsp3) is 0.222. The van der Waals surface area contributed by atoms with E-state index >= 15 is 0 Å². The van der Waals surface area contributed by atoms with Crippen LogP contribution in [-0.2, 0) is 0 Å². The predicted molar refractivity (Wildman–Crippen MR) is 52.4 cm³/mol. The molecule has 3 heteroatoms. The van der Waals surface area contributed by atoms with E-state index in [0.29, 0.717) is 0 Å². The highest BCUT2D eigenvalue weighted by Crippen LogP contribution is 1.89. The van der Waals surface area contributed by atoms with Crippen LogP contribution in [-0.4, -0.2) is 10.7 Å². The Morgan fingerprint density at radius 3 is 2.92 bits per heavy atom. The summed E-state index contributed by atoms with van der Waals surface area (Å²) in [4.78, 5) is 13.2. The molecule has 0 aliphatic rings. The lowest BCUT2D eigenvalue weighted by Gasteiger charge is -1.86. The lowest BCUT2D eigenvalue weighted by Crippen LogP contribution is -2.01. The van der Waals surface area contributed by atoms with Crippen molar-refractivity contribution in [3.05, 3.63) is 34.2 Å². The summed E-state index contributed by atoms with van der Waals surface area (Å²) >= 11 is 4.02. The van der Waals surface area contributed by atoms with Crippen LogP contribution in [0.25, 0.3) is 0 Å². The molecular formula is C9H9NOS. The molecule has 0 aliphatic heterocycles. The van der Waals surface area contributed by atoms with Crippen molar-refractivity contribution in [2.24, 2.45) is 0 Å². The highest BCUT2D eigenvalue weighted by Gasteiger charge is 1.84. The summed E-state index contributed by atoms with van der Waals surface area (Å²) in [6, 6.07) is 3.16. The van der Waals surface area contributed by atoms with E-state index < -0.39 is 0 Å². The zero-order chi connectivity index (χ0) is 8.81. The van der Waals surface area contributed by atoms with Crippen LogP contribution < -0.4 is 5.56 Å². The van der Waals surface area contributed by atoms with Gasteiger partial charge in [-0.3, -0.25) is 4.79 Å². The molecule has 0 atom stereocenters. The molecule has 2 nitrogen and oxygen atoms in total. The average Bonchev–Trinajstić information content (AvgIpc) is 2.09. The maximum atomic E-state index is 10.6. The first kappa shape index (κ1) is 8.95. The molecule has 0 aliphatic carbocycles. The van der Waals surface area contributed by atoms with E-state index in [4.69, 9.17) is 0 Å². The van der Waals surface area contributed by atoms with Crippen LogP contribution in [0.1, 0.15) is 12.0 Å². The highest BCUT2D eigenvalue weighted by atomic mass is 32.1. The van der Waals surface area contributed by atoms with Gasteiger partial charge in [-0.1, -0.05) is 11.8 Å². The van der Waals surface area contributed by atoms with Gasteiger partial charge in [0.05, 0.1) is 0 Å².